The van der Waals surface area contributed by atoms with Crippen LogP contribution in [0.15, 0.2) is 30.3 Å². The van der Waals surface area contributed by atoms with E-state index >= 15 is 0 Å². The van der Waals surface area contributed by atoms with Gasteiger partial charge in [-0.1, -0.05) is 30.3 Å². The topological polar surface area (TPSA) is 66.4 Å². The van der Waals surface area contributed by atoms with E-state index in [0.717, 1.165) is 5.56 Å². The Morgan fingerprint density at radius 2 is 1.93 bits per heavy atom. The van der Waals surface area contributed by atoms with E-state index in [1.165, 1.54) is 0 Å². The highest BCUT2D eigenvalue weighted by molar-refractivity contribution is 6.03. The van der Waals surface area contributed by atoms with Crippen molar-refractivity contribution in [1.82, 2.24) is 5.32 Å². The van der Waals surface area contributed by atoms with Gasteiger partial charge in [0, 0.05) is 0 Å². The predicted octanol–water partition coefficient (Wildman–Crippen LogP) is 0.558. The molecule has 0 spiro atoms. The van der Waals surface area contributed by atoms with Crippen molar-refractivity contribution >= 4 is 11.9 Å². The molecule has 14 heavy (non-hydrogen) atoms. The zero-order valence-corrected chi connectivity index (χ0v) is 7.31. The van der Waals surface area contributed by atoms with Crippen molar-refractivity contribution in [3.05, 3.63) is 35.9 Å². The lowest BCUT2D eigenvalue weighted by molar-refractivity contribution is -0.155. The third-order valence-electron chi connectivity index (χ3n) is 2.34. The first-order valence-corrected chi connectivity index (χ1v) is 4.28. The van der Waals surface area contributed by atoms with Crippen LogP contribution in [0.25, 0.3) is 0 Å². The van der Waals surface area contributed by atoms with E-state index in [1.807, 2.05) is 18.2 Å². The molecule has 1 heterocycles. The average Bonchev–Trinajstić information content (AvgIpc) is 2.14. The number of amides is 1. The first-order valence-electron chi connectivity index (χ1n) is 4.28. The Kier molecular flexibility index (Phi) is 1.96. The van der Waals surface area contributed by atoms with E-state index in [0.29, 0.717) is 0 Å². The fraction of sp³-hybridized carbons (Fsp3) is 0.200. The van der Waals surface area contributed by atoms with Crippen LogP contribution >= 0.6 is 0 Å². The normalized spacial score (nSPS) is 25.0. The molecule has 2 N–H and O–H groups in total. The van der Waals surface area contributed by atoms with Crippen molar-refractivity contribution in [2.24, 2.45) is 5.92 Å². The molecule has 0 unspecified atom stereocenters. The second-order valence-electron chi connectivity index (χ2n) is 3.21. The Bertz CT molecular complexity index is 366. The van der Waals surface area contributed by atoms with Crippen LogP contribution in [0.4, 0.5) is 0 Å². The number of carbonyl (C=O) groups is 2. The molecule has 1 saturated heterocycles. The van der Waals surface area contributed by atoms with Crippen LogP contribution in [0.2, 0.25) is 0 Å². The summed E-state index contributed by atoms with van der Waals surface area (Å²) in [5.74, 6) is -2.41. The third-order valence-corrected chi connectivity index (χ3v) is 2.34. The molecule has 1 aromatic carbocycles. The van der Waals surface area contributed by atoms with E-state index in [1.54, 1.807) is 12.1 Å². The molecule has 4 heteroatoms. The Balaban J connectivity index is 2.22. The first kappa shape index (κ1) is 8.74. The van der Waals surface area contributed by atoms with Crippen molar-refractivity contribution in [3.8, 4) is 0 Å². The van der Waals surface area contributed by atoms with Gasteiger partial charge >= 0.3 is 5.97 Å². The quantitative estimate of drug-likeness (QED) is 0.530. The minimum atomic E-state index is -1.07. The Morgan fingerprint density at radius 3 is 2.43 bits per heavy atom. The van der Waals surface area contributed by atoms with E-state index in [2.05, 4.69) is 5.32 Å². The molecule has 72 valence electrons. The van der Waals surface area contributed by atoms with Gasteiger partial charge in [0.05, 0.1) is 6.04 Å². The number of aliphatic carboxylic acids is 1. The number of rotatable bonds is 2. The van der Waals surface area contributed by atoms with Crippen molar-refractivity contribution < 1.29 is 14.7 Å². The molecule has 1 amide bonds. The second kappa shape index (κ2) is 3.14. The molecule has 0 bridgehead atoms. The van der Waals surface area contributed by atoms with Crippen LogP contribution in [0.1, 0.15) is 11.6 Å². The van der Waals surface area contributed by atoms with Gasteiger partial charge in [-0.25, -0.2) is 0 Å². The molecule has 4 nitrogen and oxygen atoms in total. The third kappa shape index (κ3) is 1.25. The summed E-state index contributed by atoms with van der Waals surface area (Å²) in [5.41, 5.74) is 0.833. The standard InChI is InChI=1S/C10H9NO3/c12-9-7(10(13)14)8(11-9)6-4-2-1-3-5-6/h1-5,7-8H,(H,11,12)(H,13,14)/t7-,8-/m1/s1. The number of hydrogen-bond donors (Lipinski definition) is 2. The highest BCUT2D eigenvalue weighted by Crippen LogP contribution is 2.30. The zero-order valence-electron chi connectivity index (χ0n) is 7.31. The first-order chi connectivity index (χ1) is 6.70. The molecule has 1 fully saturated rings. The number of carbonyl (C=O) groups excluding carboxylic acids is 1. The smallest absolute Gasteiger partial charge is 0.318 e. The van der Waals surface area contributed by atoms with Gasteiger partial charge in [0.25, 0.3) is 0 Å². The van der Waals surface area contributed by atoms with Crippen LogP contribution in [-0.4, -0.2) is 17.0 Å². The SMILES string of the molecule is O=C(O)[C@H]1C(=O)N[C@@H]1c1ccccc1. The molecule has 1 aliphatic heterocycles. The van der Waals surface area contributed by atoms with Crippen LogP contribution in [0, 0.1) is 5.92 Å². The summed E-state index contributed by atoms with van der Waals surface area (Å²) in [4.78, 5) is 21.7. The lowest BCUT2D eigenvalue weighted by Crippen LogP contribution is -2.55. The van der Waals surface area contributed by atoms with Gasteiger partial charge in [-0.05, 0) is 5.56 Å². The number of carboxylic acid groups (broad SMARTS) is 1. The summed E-state index contributed by atoms with van der Waals surface area (Å²) in [6, 6.07) is 8.72. The largest absolute Gasteiger partial charge is 0.481 e. The number of β-lactam (4-membered cyclic amide) rings is 1. The molecule has 1 aliphatic rings. The van der Waals surface area contributed by atoms with Crippen LogP contribution < -0.4 is 5.32 Å². The monoisotopic (exact) mass is 191 g/mol. The summed E-state index contributed by atoms with van der Waals surface area (Å²) in [6.45, 7) is 0. The molecule has 0 aromatic heterocycles. The fourth-order valence-electron chi connectivity index (χ4n) is 1.57. The molecule has 1 aromatic rings. The molecule has 2 atom stereocenters. The molecule has 2 rings (SSSR count). The lowest BCUT2D eigenvalue weighted by Gasteiger charge is -2.33. The van der Waals surface area contributed by atoms with Gasteiger partial charge in [0.15, 0.2) is 5.92 Å². The highest BCUT2D eigenvalue weighted by atomic mass is 16.4. The summed E-state index contributed by atoms with van der Waals surface area (Å²) >= 11 is 0. The van der Waals surface area contributed by atoms with E-state index in [4.69, 9.17) is 5.11 Å². The van der Waals surface area contributed by atoms with Gasteiger partial charge in [0.1, 0.15) is 0 Å². The van der Waals surface area contributed by atoms with Crippen molar-refractivity contribution in [3.63, 3.8) is 0 Å². The molecule has 0 saturated carbocycles. The van der Waals surface area contributed by atoms with Crippen LogP contribution in [0.3, 0.4) is 0 Å². The van der Waals surface area contributed by atoms with Crippen LogP contribution in [-0.2, 0) is 9.59 Å². The number of benzene rings is 1. The Hall–Kier alpha value is -1.84. The predicted molar refractivity (Wildman–Crippen MR) is 48.5 cm³/mol. The van der Waals surface area contributed by atoms with Gasteiger partial charge in [0.2, 0.25) is 5.91 Å². The van der Waals surface area contributed by atoms with E-state index < -0.39 is 17.8 Å². The van der Waals surface area contributed by atoms with E-state index in [9.17, 15) is 9.59 Å². The molecular formula is C10H9NO3. The minimum absolute atomic E-state index is 0.374. The maximum Gasteiger partial charge on any atom is 0.318 e. The Morgan fingerprint density at radius 1 is 1.29 bits per heavy atom. The van der Waals surface area contributed by atoms with Gasteiger partial charge in [-0.2, -0.15) is 0 Å². The summed E-state index contributed by atoms with van der Waals surface area (Å²) in [7, 11) is 0. The van der Waals surface area contributed by atoms with Crippen LogP contribution in [0.5, 0.6) is 0 Å². The Labute approximate surface area is 80.6 Å². The van der Waals surface area contributed by atoms with Crippen molar-refractivity contribution in [2.75, 3.05) is 0 Å². The molecule has 0 radical (unpaired) electrons. The van der Waals surface area contributed by atoms with Crippen molar-refractivity contribution in [1.29, 1.82) is 0 Å². The van der Waals surface area contributed by atoms with Gasteiger partial charge in [-0.15, -0.1) is 0 Å². The van der Waals surface area contributed by atoms with E-state index in [-0.39, 0.29) is 6.04 Å². The summed E-state index contributed by atoms with van der Waals surface area (Å²) in [5, 5.41) is 11.3. The summed E-state index contributed by atoms with van der Waals surface area (Å²) < 4.78 is 0. The maximum absolute atomic E-state index is 11.0. The lowest BCUT2D eigenvalue weighted by atomic mass is 9.85. The molecule has 0 aliphatic carbocycles. The number of hydrogen-bond acceptors (Lipinski definition) is 2. The number of nitrogens with one attached hydrogen (secondary N) is 1. The molecular weight excluding hydrogens is 182 g/mol. The van der Waals surface area contributed by atoms with Gasteiger partial charge < -0.3 is 10.4 Å². The number of carboxylic acids is 1. The highest BCUT2D eigenvalue weighted by Gasteiger charge is 2.45. The second-order valence-corrected chi connectivity index (χ2v) is 3.21. The van der Waals surface area contributed by atoms with Crippen molar-refractivity contribution in [2.45, 2.75) is 6.04 Å². The van der Waals surface area contributed by atoms with Gasteiger partial charge in [-0.3, -0.25) is 9.59 Å². The minimum Gasteiger partial charge on any atom is -0.481 e. The maximum atomic E-state index is 11.0. The fourth-order valence-corrected chi connectivity index (χ4v) is 1.57. The zero-order chi connectivity index (χ0) is 10.1. The average molecular weight is 191 g/mol. The summed E-state index contributed by atoms with van der Waals surface area (Å²) in [6.07, 6.45) is 0.